The van der Waals surface area contributed by atoms with E-state index in [1.807, 2.05) is 25.1 Å². The van der Waals surface area contributed by atoms with Gasteiger partial charge in [-0.1, -0.05) is 13.0 Å². The molecule has 0 spiro atoms. The fraction of sp³-hybridized carbons (Fsp3) is 0.500. The third-order valence-electron chi connectivity index (χ3n) is 2.59. The van der Waals surface area contributed by atoms with Crippen molar-refractivity contribution in [2.45, 2.75) is 45.8 Å². The van der Waals surface area contributed by atoms with Crippen molar-refractivity contribution in [1.29, 1.82) is 0 Å². The third kappa shape index (κ3) is 4.37. The Hall–Kier alpha value is -1.55. The number of amides is 1. The Morgan fingerprint density at radius 2 is 2.17 bits per heavy atom. The topological polar surface area (TPSA) is 64.3 Å². The number of carbonyl (C=O) groups is 1. The highest BCUT2D eigenvalue weighted by Crippen LogP contribution is 2.19. The Bertz CT molecular complexity index is 411. The number of anilines is 1. The van der Waals surface area contributed by atoms with Gasteiger partial charge in [0.15, 0.2) is 0 Å². The van der Waals surface area contributed by atoms with E-state index in [4.69, 9.17) is 10.5 Å². The molecular weight excluding hydrogens is 228 g/mol. The van der Waals surface area contributed by atoms with Gasteiger partial charge >= 0.3 is 0 Å². The quantitative estimate of drug-likeness (QED) is 0.844. The molecule has 1 amide bonds. The average Bonchev–Trinajstić information content (AvgIpc) is 2.28. The van der Waals surface area contributed by atoms with Crippen LogP contribution in [0, 0.1) is 0 Å². The summed E-state index contributed by atoms with van der Waals surface area (Å²) in [5.74, 6) is 0.528. The molecule has 0 saturated heterocycles. The largest absolute Gasteiger partial charge is 0.491 e. The lowest BCUT2D eigenvalue weighted by atomic mass is 10.1. The molecule has 3 N–H and O–H groups in total. The summed E-state index contributed by atoms with van der Waals surface area (Å²) in [5.41, 5.74) is 5.52. The van der Waals surface area contributed by atoms with Gasteiger partial charge in [-0.05, 0) is 39.3 Å². The molecule has 0 bridgehead atoms. The molecule has 0 aromatic heterocycles. The van der Waals surface area contributed by atoms with Crippen molar-refractivity contribution < 1.29 is 9.53 Å². The molecule has 1 rings (SSSR count). The van der Waals surface area contributed by atoms with Crippen LogP contribution in [0.4, 0.5) is 5.69 Å². The molecule has 0 aliphatic heterocycles. The zero-order chi connectivity index (χ0) is 13.8. The van der Waals surface area contributed by atoms with Crippen LogP contribution in [0.3, 0.4) is 0 Å². The summed E-state index contributed by atoms with van der Waals surface area (Å²) < 4.78 is 5.69. The standard InChI is InChI=1S/C14H22N2O2/c1-5-10(2)18-12-8-6-7-11(9-12)16-13(17)14(3,4)15/h6-10H,5,15H2,1-4H3,(H,16,17). The SMILES string of the molecule is CCC(C)Oc1cccc(NC(=O)C(C)(C)N)c1. The van der Waals surface area contributed by atoms with Crippen molar-refractivity contribution in [2.75, 3.05) is 5.32 Å². The summed E-state index contributed by atoms with van der Waals surface area (Å²) >= 11 is 0. The van der Waals surface area contributed by atoms with Gasteiger partial charge in [-0.2, -0.15) is 0 Å². The first-order valence-electron chi connectivity index (χ1n) is 6.20. The van der Waals surface area contributed by atoms with Gasteiger partial charge < -0.3 is 15.8 Å². The van der Waals surface area contributed by atoms with Gasteiger partial charge in [0.05, 0.1) is 11.6 Å². The molecule has 0 aliphatic carbocycles. The van der Waals surface area contributed by atoms with Crippen molar-refractivity contribution in [1.82, 2.24) is 0 Å². The number of hydrogen-bond donors (Lipinski definition) is 2. The fourth-order valence-electron chi connectivity index (χ4n) is 1.25. The molecule has 4 nitrogen and oxygen atoms in total. The lowest BCUT2D eigenvalue weighted by Gasteiger charge is -2.18. The highest BCUT2D eigenvalue weighted by atomic mass is 16.5. The van der Waals surface area contributed by atoms with Crippen molar-refractivity contribution in [3.63, 3.8) is 0 Å². The number of hydrogen-bond acceptors (Lipinski definition) is 3. The van der Waals surface area contributed by atoms with E-state index in [0.717, 1.165) is 12.2 Å². The highest BCUT2D eigenvalue weighted by molar-refractivity contribution is 5.97. The molecule has 4 heteroatoms. The number of rotatable bonds is 5. The molecule has 1 aromatic carbocycles. The summed E-state index contributed by atoms with van der Waals surface area (Å²) in [4.78, 5) is 11.7. The number of ether oxygens (including phenoxy) is 1. The van der Waals surface area contributed by atoms with Crippen LogP contribution in [-0.4, -0.2) is 17.6 Å². The van der Waals surface area contributed by atoms with Crippen LogP contribution < -0.4 is 15.8 Å². The van der Waals surface area contributed by atoms with E-state index in [9.17, 15) is 4.79 Å². The highest BCUT2D eigenvalue weighted by Gasteiger charge is 2.21. The summed E-state index contributed by atoms with van der Waals surface area (Å²) in [6.45, 7) is 7.41. The number of nitrogens with one attached hydrogen (secondary N) is 1. The van der Waals surface area contributed by atoms with Crippen molar-refractivity contribution in [2.24, 2.45) is 5.73 Å². The maximum absolute atomic E-state index is 11.7. The first-order valence-corrected chi connectivity index (χ1v) is 6.20. The van der Waals surface area contributed by atoms with Crippen LogP contribution in [0.15, 0.2) is 24.3 Å². The first kappa shape index (κ1) is 14.5. The molecular formula is C14H22N2O2. The summed E-state index contributed by atoms with van der Waals surface area (Å²) in [6.07, 6.45) is 1.09. The maximum Gasteiger partial charge on any atom is 0.243 e. The van der Waals surface area contributed by atoms with E-state index in [-0.39, 0.29) is 12.0 Å². The third-order valence-corrected chi connectivity index (χ3v) is 2.59. The summed E-state index contributed by atoms with van der Waals surface area (Å²) in [6, 6.07) is 7.33. The normalized spacial score (nSPS) is 12.9. The van der Waals surface area contributed by atoms with E-state index < -0.39 is 5.54 Å². The first-order chi connectivity index (χ1) is 8.32. The second-order valence-electron chi connectivity index (χ2n) is 5.04. The van der Waals surface area contributed by atoms with E-state index in [2.05, 4.69) is 12.2 Å². The van der Waals surface area contributed by atoms with Gasteiger partial charge in [0.2, 0.25) is 5.91 Å². The Morgan fingerprint density at radius 1 is 1.50 bits per heavy atom. The zero-order valence-corrected chi connectivity index (χ0v) is 11.5. The zero-order valence-electron chi connectivity index (χ0n) is 11.5. The minimum atomic E-state index is -0.895. The number of nitrogens with two attached hydrogens (primary N) is 1. The van der Waals surface area contributed by atoms with Gasteiger partial charge in [0.25, 0.3) is 0 Å². The fourth-order valence-corrected chi connectivity index (χ4v) is 1.25. The van der Waals surface area contributed by atoms with E-state index >= 15 is 0 Å². The second-order valence-corrected chi connectivity index (χ2v) is 5.04. The lowest BCUT2D eigenvalue weighted by Crippen LogP contribution is -2.45. The van der Waals surface area contributed by atoms with Crippen LogP contribution in [0.25, 0.3) is 0 Å². The maximum atomic E-state index is 11.7. The molecule has 0 fully saturated rings. The summed E-state index contributed by atoms with van der Waals surface area (Å²) in [7, 11) is 0. The summed E-state index contributed by atoms with van der Waals surface area (Å²) in [5, 5.41) is 2.77. The average molecular weight is 250 g/mol. The van der Waals surface area contributed by atoms with E-state index in [0.29, 0.717) is 5.69 Å². The molecule has 0 aliphatic rings. The van der Waals surface area contributed by atoms with Crippen molar-refractivity contribution >= 4 is 11.6 Å². The Balaban J connectivity index is 2.74. The van der Waals surface area contributed by atoms with Crippen LogP contribution in [-0.2, 0) is 4.79 Å². The molecule has 0 heterocycles. The predicted molar refractivity (Wildman–Crippen MR) is 73.7 cm³/mol. The molecule has 0 radical (unpaired) electrons. The van der Waals surface area contributed by atoms with E-state index in [1.165, 1.54) is 0 Å². The van der Waals surface area contributed by atoms with Gasteiger partial charge in [-0.15, -0.1) is 0 Å². The van der Waals surface area contributed by atoms with Gasteiger partial charge in [-0.25, -0.2) is 0 Å². The minimum absolute atomic E-state index is 0.155. The molecule has 100 valence electrons. The van der Waals surface area contributed by atoms with Gasteiger partial charge in [-0.3, -0.25) is 4.79 Å². The Kier molecular flexibility index (Phi) is 4.73. The predicted octanol–water partition coefficient (Wildman–Crippen LogP) is 2.54. The molecule has 1 atom stereocenters. The van der Waals surface area contributed by atoms with E-state index in [1.54, 1.807) is 19.9 Å². The van der Waals surface area contributed by atoms with Crippen LogP contribution in [0.1, 0.15) is 34.1 Å². The smallest absolute Gasteiger partial charge is 0.243 e. The second kappa shape index (κ2) is 5.87. The molecule has 1 unspecified atom stereocenters. The van der Waals surface area contributed by atoms with Crippen LogP contribution >= 0.6 is 0 Å². The van der Waals surface area contributed by atoms with Crippen LogP contribution in [0.2, 0.25) is 0 Å². The van der Waals surface area contributed by atoms with Crippen molar-refractivity contribution in [3.05, 3.63) is 24.3 Å². The Labute approximate surface area is 109 Å². The number of benzene rings is 1. The Morgan fingerprint density at radius 3 is 2.72 bits per heavy atom. The van der Waals surface area contributed by atoms with Gasteiger partial charge in [0, 0.05) is 11.8 Å². The molecule has 1 aromatic rings. The van der Waals surface area contributed by atoms with Crippen LogP contribution in [0.5, 0.6) is 5.75 Å². The molecule has 18 heavy (non-hydrogen) atoms. The monoisotopic (exact) mass is 250 g/mol. The van der Waals surface area contributed by atoms with Crippen molar-refractivity contribution in [3.8, 4) is 5.75 Å². The molecule has 0 saturated carbocycles. The van der Waals surface area contributed by atoms with Gasteiger partial charge in [0.1, 0.15) is 5.75 Å². The number of carbonyl (C=O) groups excluding carboxylic acids is 1. The minimum Gasteiger partial charge on any atom is -0.491 e. The lowest BCUT2D eigenvalue weighted by molar-refractivity contribution is -0.120.